The Balaban J connectivity index is 1.80. The van der Waals surface area contributed by atoms with E-state index in [0.29, 0.717) is 17.9 Å². The Labute approximate surface area is 148 Å². The molecule has 2 aliphatic rings. The summed E-state index contributed by atoms with van der Waals surface area (Å²) in [6.07, 6.45) is 0.630. The predicted octanol–water partition coefficient (Wildman–Crippen LogP) is 4.15. The van der Waals surface area contributed by atoms with Crippen molar-refractivity contribution in [3.05, 3.63) is 52.0 Å². The van der Waals surface area contributed by atoms with Crippen molar-refractivity contribution in [3.63, 3.8) is 0 Å². The highest BCUT2D eigenvalue weighted by Gasteiger charge is 2.34. The number of fused-ring (bicyclic) bond motifs is 2. The van der Waals surface area contributed by atoms with Gasteiger partial charge in [0.15, 0.2) is 11.5 Å². The third-order valence-corrected chi connectivity index (χ3v) is 4.96. The molecule has 0 bridgehead atoms. The van der Waals surface area contributed by atoms with Crippen LogP contribution in [-0.2, 0) is 0 Å². The molecule has 0 radical (unpaired) electrons. The first kappa shape index (κ1) is 15.3. The summed E-state index contributed by atoms with van der Waals surface area (Å²) in [4.78, 5) is 14.8. The van der Waals surface area contributed by atoms with Crippen LogP contribution in [0.1, 0.15) is 35.4 Å². The smallest absolute Gasteiger partial charge is 0.257 e. The quantitative estimate of drug-likeness (QED) is 0.857. The third-order valence-electron chi connectivity index (χ3n) is 4.27. The second-order valence-electron chi connectivity index (χ2n) is 5.82. The number of carbonyl (C=O) groups excluding carboxylic acids is 1. The summed E-state index contributed by atoms with van der Waals surface area (Å²) in [5, 5.41) is 3.49. The van der Waals surface area contributed by atoms with E-state index in [4.69, 9.17) is 9.47 Å². The van der Waals surface area contributed by atoms with E-state index in [1.165, 1.54) is 0 Å². The van der Waals surface area contributed by atoms with E-state index in [0.717, 1.165) is 27.9 Å². The van der Waals surface area contributed by atoms with Gasteiger partial charge >= 0.3 is 0 Å². The van der Waals surface area contributed by atoms with Gasteiger partial charge in [0.05, 0.1) is 5.56 Å². The van der Waals surface area contributed by atoms with Crippen LogP contribution in [0.5, 0.6) is 11.5 Å². The van der Waals surface area contributed by atoms with Crippen LogP contribution >= 0.6 is 15.9 Å². The number of carbonyl (C=O) groups is 1. The normalized spacial score (nSPS) is 18.3. The van der Waals surface area contributed by atoms with Crippen LogP contribution in [0.3, 0.4) is 0 Å². The number of halogens is 1. The van der Waals surface area contributed by atoms with Crippen LogP contribution in [0.4, 0.5) is 5.69 Å². The Morgan fingerprint density at radius 3 is 2.79 bits per heavy atom. The molecule has 0 fully saturated rings. The molecule has 2 aliphatic heterocycles. The first-order valence-electron chi connectivity index (χ1n) is 7.94. The van der Waals surface area contributed by atoms with Crippen molar-refractivity contribution in [1.29, 1.82) is 0 Å². The van der Waals surface area contributed by atoms with E-state index in [1.54, 1.807) is 0 Å². The van der Waals surface area contributed by atoms with Crippen molar-refractivity contribution in [1.82, 2.24) is 4.90 Å². The molecule has 0 aliphatic carbocycles. The highest BCUT2D eigenvalue weighted by Crippen LogP contribution is 2.42. The van der Waals surface area contributed by atoms with Gasteiger partial charge in [-0.3, -0.25) is 4.79 Å². The SMILES string of the molecule is CCCN1C(=O)c2ccccc2NC1c1cc2c(cc1Br)OCO2. The number of nitrogens with zero attached hydrogens (tertiary/aromatic N) is 1. The zero-order chi connectivity index (χ0) is 16.7. The topological polar surface area (TPSA) is 50.8 Å². The van der Waals surface area contributed by atoms with Crippen LogP contribution in [0, 0.1) is 0 Å². The Morgan fingerprint density at radius 2 is 2.00 bits per heavy atom. The zero-order valence-corrected chi connectivity index (χ0v) is 14.8. The Morgan fingerprint density at radius 1 is 1.25 bits per heavy atom. The minimum Gasteiger partial charge on any atom is -0.454 e. The van der Waals surface area contributed by atoms with Crippen LogP contribution < -0.4 is 14.8 Å². The standard InChI is InChI=1S/C18H17BrN2O3/c1-2-7-21-17(20-14-6-4-3-5-11(14)18(21)22)12-8-15-16(9-13(12)19)24-10-23-15/h3-6,8-9,17,20H,2,7,10H2,1H3. The summed E-state index contributed by atoms with van der Waals surface area (Å²) in [7, 11) is 0. The van der Waals surface area contributed by atoms with Gasteiger partial charge in [0, 0.05) is 22.3 Å². The van der Waals surface area contributed by atoms with Crippen LogP contribution in [0.25, 0.3) is 0 Å². The first-order valence-corrected chi connectivity index (χ1v) is 8.74. The molecule has 4 rings (SSSR count). The molecule has 2 aromatic carbocycles. The lowest BCUT2D eigenvalue weighted by atomic mass is 10.0. The molecule has 2 heterocycles. The van der Waals surface area contributed by atoms with Crippen molar-refractivity contribution < 1.29 is 14.3 Å². The molecule has 0 saturated heterocycles. The number of anilines is 1. The molecule has 1 N–H and O–H groups in total. The van der Waals surface area contributed by atoms with Crippen molar-refractivity contribution >= 4 is 27.5 Å². The monoisotopic (exact) mass is 388 g/mol. The fourth-order valence-electron chi connectivity index (χ4n) is 3.15. The lowest BCUT2D eigenvalue weighted by Gasteiger charge is -2.38. The van der Waals surface area contributed by atoms with E-state index in [2.05, 4.69) is 28.2 Å². The molecule has 24 heavy (non-hydrogen) atoms. The Kier molecular flexibility index (Phi) is 3.84. The number of para-hydroxylation sites is 1. The van der Waals surface area contributed by atoms with Gasteiger partial charge < -0.3 is 19.7 Å². The fraction of sp³-hybridized carbons (Fsp3) is 0.278. The van der Waals surface area contributed by atoms with Crippen LogP contribution in [-0.4, -0.2) is 24.1 Å². The summed E-state index contributed by atoms with van der Waals surface area (Å²) >= 11 is 3.61. The lowest BCUT2D eigenvalue weighted by Crippen LogP contribution is -2.43. The molecule has 1 amide bonds. The highest BCUT2D eigenvalue weighted by molar-refractivity contribution is 9.10. The van der Waals surface area contributed by atoms with Gasteiger partial charge in [0.25, 0.3) is 5.91 Å². The van der Waals surface area contributed by atoms with Crippen molar-refractivity contribution in [3.8, 4) is 11.5 Å². The molecule has 6 heteroatoms. The van der Waals surface area contributed by atoms with Crippen molar-refractivity contribution in [2.45, 2.75) is 19.5 Å². The molecule has 5 nitrogen and oxygen atoms in total. The molecule has 1 unspecified atom stereocenters. The number of nitrogens with one attached hydrogen (secondary N) is 1. The molecular formula is C18H17BrN2O3. The van der Waals surface area contributed by atoms with Crippen molar-refractivity contribution in [2.24, 2.45) is 0 Å². The van der Waals surface area contributed by atoms with E-state index in [-0.39, 0.29) is 18.9 Å². The van der Waals surface area contributed by atoms with Crippen LogP contribution in [0.2, 0.25) is 0 Å². The average molecular weight is 389 g/mol. The first-order chi connectivity index (χ1) is 11.7. The molecule has 2 aromatic rings. The third kappa shape index (κ3) is 2.41. The molecule has 0 saturated carbocycles. The molecule has 0 aromatic heterocycles. The average Bonchev–Trinajstić information content (AvgIpc) is 3.04. The molecule has 0 spiro atoms. The minimum absolute atomic E-state index is 0.0424. The Hall–Kier alpha value is -2.21. The highest BCUT2D eigenvalue weighted by atomic mass is 79.9. The maximum atomic E-state index is 13.0. The van der Waals surface area contributed by atoms with Gasteiger partial charge in [-0.1, -0.05) is 35.0 Å². The fourth-order valence-corrected chi connectivity index (χ4v) is 3.69. The number of rotatable bonds is 3. The zero-order valence-electron chi connectivity index (χ0n) is 13.2. The van der Waals surface area contributed by atoms with E-state index < -0.39 is 0 Å². The van der Waals surface area contributed by atoms with Gasteiger partial charge in [-0.2, -0.15) is 0 Å². The summed E-state index contributed by atoms with van der Waals surface area (Å²) < 4.78 is 11.8. The molecule has 124 valence electrons. The number of hydrogen-bond acceptors (Lipinski definition) is 4. The number of ether oxygens (including phenoxy) is 2. The van der Waals surface area contributed by atoms with Gasteiger partial charge in [-0.15, -0.1) is 0 Å². The largest absolute Gasteiger partial charge is 0.454 e. The van der Waals surface area contributed by atoms with Crippen LogP contribution in [0.15, 0.2) is 40.9 Å². The molecular weight excluding hydrogens is 372 g/mol. The maximum absolute atomic E-state index is 13.0. The predicted molar refractivity (Wildman–Crippen MR) is 94.4 cm³/mol. The van der Waals surface area contributed by atoms with Gasteiger partial charge in [-0.25, -0.2) is 0 Å². The van der Waals surface area contributed by atoms with Gasteiger partial charge in [-0.05, 0) is 30.7 Å². The number of benzene rings is 2. The summed E-state index contributed by atoms with van der Waals surface area (Å²) in [5.41, 5.74) is 2.51. The number of amides is 1. The Bertz CT molecular complexity index is 809. The minimum atomic E-state index is -0.253. The van der Waals surface area contributed by atoms with Gasteiger partial charge in [0.2, 0.25) is 6.79 Å². The van der Waals surface area contributed by atoms with Crippen molar-refractivity contribution in [2.75, 3.05) is 18.7 Å². The lowest BCUT2D eigenvalue weighted by molar-refractivity contribution is 0.0682. The second kappa shape index (κ2) is 6.02. The van der Waals surface area contributed by atoms with Gasteiger partial charge in [0.1, 0.15) is 6.17 Å². The summed E-state index contributed by atoms with van der Waals surface area (Å²) in [6.45, 7) is 2.97. The summed E-state index contributed by atoms with van der Waals surface area (Å²) in [6, 6.07) is 11.4. The van der Waals surface area contributed by atoms with E-state index in [9.17, 15) is 4.79 Å². The number of hydrogen-bond donors (Lipinski definition) is 1. The van der Waals surface area contributed by atoms with E-state index >= 15 is 0 Å². The summed E-state index contributed by atoms with van der Waals surface area (Å²) in [5.74, 6) is 1.47. The maximum Gasteiger partial charge on any atom is 0.257 e. The molecule has 1 atom stereocenters. The van der Waals surface area contributed by atoms with E-state index in [1.807, 2.05) is 41.3 Å². The second-order valence-corrected chi connectivity index (χ2v) is 6.67.